The van der Waals surface area contributed by atoms with Gasteiger partial charge in [-0.05, 0) is 48.5 Å². The average molecular weight is 465 g/mol. The number of imidazole rings is 1. The van der Waals surface area contributed by atoms with E-state index in [1.165, 1.54) is 28.7 Å². The van der Waals surface area contributed by atoms with Crippen molar-refractivity contribution in [2.24, 2.45) is 0 Å². The summed E-state index contributed by atoms with van der Waals surface area (Å²) in [5, 5.41) is 8.12. The Morgan fingerprint density at radius 3 is 2.38 bits per heavy atom. The van der Waals surface area contributed by atoms with Crippen molar-refractivity contribution in [1.82, 2.24) is 9.38 Å². The quantitative estimate of drug-likeness (QED) is 0.386. The standard InChI is InChI=1S/C23H14F3N5O3/c24-23(25,26)16-11-31-17(5-2-6-18(31)29-16)27-12-7-9-13(10-8-12)28-21(33)15-4-1-3-14-19(15)30-22(34)20(14)32/h1-11,27H,(H,28,33)(H,30,32,34). The second kappa shape index (κ2) is 7.73. The van der Waals surface area contributed by atoms with Crippen LogP contribution in [0.1, 0.15) is 26.4 Å². The van der Waals surface area contributed by atoms with Crippen LogP contribution in [0.15, 0.2) is 66.9 Å². The Morgan fingerprint density at radius 2 is 1.65 bits per heavy atom. The lowest BCUT2D eigenvalue weighted by molar-refractivity contribution is -0.140. The number of nitrogens with one attached hydrogen (secondary N) is 3. The molecular weight excluding hydrogens is 451 g/mol. The highest BCUT2D eigenvalue weighted by Gasteiger charge is 2.34. The number of carbonyl (C=O) groups is 3. The van der Waals surface area contributed by atoms with E-state index in [9.17, 15) is 27.6 Å². The molecule has 5 rings (SSSR count). The number of benzene rings is 2. The van der Waals surface area contributed by atoms with Gasteiger partial charge in [-0.3, -0.25) is 18.8 Å². The van der Waals surface area contributed by atoms with Gasteiger partial charge in [-0.1, -0.05) is 12.1 Å². The van der Waals surface area contributed by atoms with Crippen LogP contribution in [0, 0.1) is 0 Å². The predicted octanol–water partition coefficient (Wildman–Crippen LogP) is 4.48. The molecule has 0 radical (unpaired) electrons. The second-order valence-electron chi connectivity index (χ2n) is 7.43. The van der Waals surface area contributed by atoms with E-state index in [4.69, 9.17) is 0 Å². The van der Waals surface area contributed by atoms with E-state index in [0.29, 0.717) is 17.2 Å². The van der Waals surface area contributed by atoms with Gasteiger partial charge in [0.2, 0.25) is 0 Å². The van der Waals surface area contributed by atoms with Crippen molar-refractivity contribution in [1.29, 1.82) is 0 Å². The minimum absolute atomic E-state index is 0.138. The number of pyridine rings is 1. The number of anilines is 4. The molecule has 3 N–H and O–H groups in total. The van der Waals surface area contributed by atoms with Crippen molar-refractivity contribution >= 4 is 46.1 Å². The molecule has 0 saturated heterocycles. The third kappa shape index (κ3) is 3.72. The molecule has 0 bridgehead atoms. The highest BCUT2D eigenvalue weighted by Crippen LogP contribution is 2.31. The lowest BCUT2D eigenvalue weighted by atomic mass is 10.1. The monoisotopic (exact) mass is 465 g/mol. The maximum atomic E-state index is 13.0. The van der Waals surface area contributed by atoms with Crippen LogP contribution in [0.3, 0.4) is 0 Å². The zero-order chi connectivity index (χ0) is 24.0. The van der Waals surface area contributed by atoms with E-state index >= 15 is 0 Å². The molecule has 0 saturated carbocycles. The van der Waals surface area contributed by atoms with Crippen LogP contribution in [0.2, 0.25) is 0 Å². The number of fused-ring (bicyclic) bond motifs is 2. The number of amides is 2. The summed E-state index contributed by atoms with van der Waals surface area (Å²) in [5.74, 6) is -1.63. The van der Waals surface area contributed by atoms with Crippen LogP contribution in [0.25, 0.3) is 5.65 Å². The molecule has 0 atom stereocenters. The Hall–Kier alpha value is -4.67. The molecule has 0 fully saturated rings. The fraction of sp³-hybridized carbons (Fsp3) is 0.0435. The fourth-order valence-corrected chi connectivity index (χ4v) is 3.59. The number of Topliss-reactive ketones (excluding diaryl/α,β-unsaturated/α-hetero) is 1. The average Bonchev–Trinajstić information content (AvgIpc) is 3.37. The summed E-state index contributed by atoms with van der Waals surface area (Å²) in [6.45, 7) is 0. The number of hydrogen-bond donors (Lipinski definition) is 3. The van der Waals surface area contributed by atoms with E-state index in [-0.39, 0.29) is 22.5 Å². The van der Waals surface area contributed by atoms with Gasteiger partial charge in [-0.25, -0.2) is 4.98 Å². The minimum atomic E-state index is -4.56. The topological polar surface area (TPSA) is 105 Å². The van der Waals surface area contributed by atoms with Crippen molar-refractivity contribution in [3.63, 3.8) is 0 Å². The Morgan fingerprint density at radius 1 is 0.941 bits per heavy atom. The molecule has 2 aromatic carbocycles. The molecule has 2 amide bonds. The number of nitrogens with zero attached hydrogens (tertiary/aromatic N) is 2. The third-order valence-electron chi connectivity index (χ3n) is 5.20. The molecule has 34 heavy (non-hydrogen) atoms. The largest absolute Gasteiger partial charge is 0.434 e. The zero-order valence-corrected chi connectivity index (χ0v) is 17.1. The summed E-state index contributed by atoms with van der Waals surface area (Å²) in [6, 6.07) is 15.6. The van der Waals surface area contributed by atoms with E-state index in [0.717, 1.165) is 6.20 Å². The Kier molecular flexibility index (Phi) is 4.82. The fourth-order valence-electron chi connectivity index (χ4n) is 3.59. The van der Waals surface area contributed by atoms with Gasteiger partial charge in [0.25, 0.3) is 17.6 Å². The second-order valence-corrected chi connectivity index (χ2v) is 7.43. The molecule has 0 aliphatic carbocycles. The molecule has 170 valence electrons. The first-order chi connectivity index (χ1) is 16.2. The van der Waals surface area contributed by atoms with Crippen molar-refractivity contribution < 1.29 is 27.6 Å². The van der Waals surface area contributed by atoms with Gasteiger partial charge in [0.1, 0.15) is 11.5 Å². The van der Waals surface area contributed by atoms with Gasteiger partial charge in [0, 0.05) is 17.6 Å². The van der Waals surface area contributed by atoms with Gasteiger partial charge in [0.15, 0.2) is 5.69 Å². The van der Waals surface area contributed by atoms with Crippen LogP contribution < -0.4 is 16.0 Å². The van der Waals surface area contributed by atoms with Crippen LogP contribution in [0.5, 0.6) is 0 Å². The SMILES string of the molecule is O=C1Nc2c(C(=O)Nc3ccc(Nc4cccc5nc(C(F)(F)F)cn45)cc3)cccc2C1=O. The number of carbonyl (C=O) groups excluding carboxylic acids is 3. The normalized spacial score (nSPS) is 13.0. The number of ketones is 1. The summed E-state index contributed by atoms with van der Waals surface area (Å²) in [6.07, 6.45) is -3.65. The van der Waals surface area contributed by atoms with Gasteiger partial charge in [-0.15, -0.1) is 0 Å². The highest BCUT2D eigenvalue weighted by atomic mass is 19.4. The first-order valence-corrected chi connectivity index (χ1v) is 9.93. The summed E-state index contributed by atoms with van der Waals surface area (Å²) in [7, 11) is 0. The van der Waals surface area contributed by atoms with E-state index < -0.39 is 29.5 Å². The maximum absolute atomic E-state index is 13.0. The van der Waals surface area contributed by atoms with Crippen molar-refractivity contribution in [3.05, 3.63) is 83.7 Å². The number of rotatable bonds is 4. The van der Waals surface area contributed by atoms with Crippen molar-refractivity contribution in [3.8, 4) is 0 Å². The van der Waals surface area contributed by atoms with Crippen LogP contribution in [-0.2, 0) is 11.0 Å². The van der Waals surface area contributed by atoms with Gasteiger partial charge in [0.05, 0.1) is 16.8 Å². The molecule has 1 aliphatic heterocycles. The van der Waals surface area contributed by atoms with Crippen molar-refractivity contribution in [2.75, 3.05) is 16.0 Å². The lowest BCUT2D eigenvalue weighted by Gasteiger charge is -2.11. The van der Waals surface area contributed by atoms with Gasteiger partial charge >= 0.3 is 6.18 Å². The number of para-hydroxylation sites is 1. The van der Waals surface area contributed by atoms with E-state index in [1.807, 2.05) is 0 Å². The summed E-state index contributed by atoms with van der Waals surface area (Å²) < 4.78 is 40.3. The summed E-state index contributed by atoms with van der Waals surface area (Å²) in [4.78, 5) is 39.8. The molecule has 3 heterocycles. The third-order valence-corrected chi connectivity index (χ3v) is 5.20. The lowest BCUT2D eigenvalue weighted by Crippen LogP contribution is -2.15. The van der Waals surface area contributed by atoms with Crippen LogP contribution >= 0.6 is 0 Å². The Labute approximate surface area is 189 Å². The van der Waals surface area contributed by atoms with Crippen molar-refractivity contribution in [2.45, 2.75) is 6.18 Å². The Bertz CT molecular complexity index is 1480. The number of alkyl halides is 3. The Balaban J connectivity index is 1.34. The molecule has 4 aromatic rings. The molecule has 0 spiro atoms. The minimum Gasteiger partial charge on any atom is -0.341 e. The van der Waals surface area contributed by atoms with Gasteiger partial charge in [-0.2, -0.15) is 13.2 Å². The van der Waals surface area contributed by atoms with Gasteiger partial charge < -0.3 is 16.0 Å². The molecule has 2 aromatic heterocycles. The van der Waals surface area contributed by atoms with Crippen LogP contribution in [0.4, 0.5) is 36.1 Å². The molecule has 0 unspecified atom stereocenters. The summed E-state index contributed by atoms with van der Waals surface area (Å²) in [5.41, 5.74) is 0.591. The highest BCUT2D eigenvalue weighted by molar-refractivity contribution is 6.52. The maximum Gasteiger partial charge on any atom is 0.434 e. The molecule has 8 nitrogen and oxygen atoms in total. The first-order valence-electron chi connectivity index (χ1n) is 9.93. The number of aromatic nitrogens is 2. The zero-order valence-electron chi connectivity index (χ0n) is 17.1. The van der Waals surface area contributed by atoms with E-state index in [1.54, 1.807) is 36.4 Å². The number of hydrogen-bond acceptors (Lipinski definition) is 5. The number of halogens is 3. The smallest absolute Gasteiger partial charge is 0.341 e. The first kappa shape index (κ1) is 21.2. The van der Waals surface area contributed by atoms with Crippen LogP contribution in [-0.4, -0.2) is 27.0 Å². The molecular formula is C23H14F3N5O3. The summed E-state index contributed by atoms with van der Waals surface area (Å²) >= 11 is 0. The van der Waals surface area contributed by atoms with E-state index in [2.05, 4.69) is 20.9 Å². The molecule has 11 heteroatoms. The molecule has 1 aliphatic rings. The predicted molar refractivity (Wildman–Crippen MR) is 117 cm³/mol.